The maximum Gasteiger partial charge on any atom is 0.188 e. The first kappa shape index (κ1) is 16.3. The van der Waals surface area contributed by atoms with Gasteiger partial charge < -0.3 is 20.2 Å². The zero-order valence-electron chi connectivity index (χ0n) is 13.5. The van der Waals surface area contributed by atoms with Crippen LogP contribution in [0.3, 0.4) is 0 Å². The third-order valence-corrected chi connectivity index (χ3v) is 4.07. The third kappa shape index (κ3) is 2.49. The van der Waals surface area contributed by atoms with Crippen molar-refractivity contribution in [2.24, 2.45) is 0 Å². The Kier molecular flexibility index (Phi) is 4.15. The Morgan fingerprint density at radius 3 is 2.75 bits per heavy atom. The van der Waals surface area contributed by atoms with Crippen LogP contribution in [0.5, 0.6) is 17.2 Å². The molecule has 2 heterocycles. The Balaban J connectivity index is 2.20. The van der Waals surface area contributed by atoms with Crippen LogP contribution < -0.4 is 14.8 Å². The van der Waals surface area contributed by atoms with Crippen molar-refractivity contribution in [1.29, 1.82) is 5.41 Å². The van der Waals surface area contributed by atoms with Gasteiger partial charge in [-0.05, 0) is 19.1 Å². The van der Waals surface area contributed by atoms with Crippen molar-refractivity contribution in [3.05, 3.63) is 34.6 Å². The second kappa shape index (κ2) is 6.13. The first-order valence-corrected chi connectivity index (χ1v) is 7.78. The summed E-state index contributed by atoms with van der Waals surface area (Å²) in [4.78, 5) is 16.2. The molecule has 0 saturated heterocycles. The number of ether oxygens (including phenoxy) is 2. The monoisotopic (exact) mass is 345 g/mol. The van der Waals surface area contributed by atoms with Crippen molar-refractivity contribution < 1.29 is 14.3 Å². The van der Waals surface area contributed by atoms with Crippen LogP contribution in [0.15, 0.2) is 18.3 Å². The van der Waals surface area contributed by atoms with Gasteiger partial charge in [0.05, 0.1) is 18.4 Å². The molecule has 1 aliphatic rings. The van der Waals surface area contributed by atoms with E-state index in [4.69, 9.17) is 26.5 Å². The van der Waals surface area contributed by atoms with Gasteiger partial charge >= 0.3 is 0 Å². The summed E-state index contributed by atoms with van der Waals surface area (Å²) < 4.78 is 11.3. The number of carbonyl (C=O) groups excluding carboxylic acids is 1. The van der Waals surface area contributed by atoms with Crippen molar-refractivity contribution in [3.8, 4) is 17.2 Å². The number of pyridine rings is 1. The van der Waals surface area contributed by atoms with Crippen molar-refractivity contribution in [3.63, 3.8) is 0 Å². The van der Waals surface area contributed by atoms with E-state index in [1.54, 1.807) is 26.0 Å². The molecule has 124 valence electrons. The van der Waals surface area contributed by atoms with Gasteiger partial charge in [0.2, 0.25) is 0 Å². The molecule has 0 saturated carbocycles. The molecule has 1 aromatic heterocycles. The number of methoxy groups -OCH3 is 1. The molecule has 0 amide bonds. The molecule has 0 atom stereocenters. The summed E-state index contributed by atoms with van der Waals surface area (Å²) in [5, 5.41) is 11.2. The molecule has 2 aromatic rings. The van der Waals surface area contributed by atoms with Crippen LogP contribution in [0.4, 0.5) is 11.4 Å². The number of nitrogens with one attached hydrogen (secondary N) is 2. The first-order chi connectivity index (χ1) is 11.5. The lowest BCUT2D eigenvalue weighted by molar-refractivity contribution is 0.0988. The van der Waals surface area contributed by atoms with Gasteiger partial charge in [-0.3, -0.25) is 4.79 Å². The topological polar surface area (TPSA) is 84.3 Å². The summed E-state index contributed by atoms with van der Waals surface area (Å²) in [6.07, 6.45) is 1.77. The zero-order valence-corrected chi connectivity index (χ0v) is 14.2. The normalized spacial score (nSPS) is 11.7. The van der Waals surface area contributed by atoms with Crippen LogP contribution in [-0.4, -0.2) is 23.6 Å². The van der Waals surface area contributed by atoms with Crippen LogP contribution in [0.25, 0.3) is 0 Å². The third-order valence-electron chi connectivity index (χ3n) is 3.80. The van der Waals surface area contributed by atoms with Crippen LogP contribution in [0.2, 0.25) is 5.15 Å². The molecule has 1 aliphatic heterocycles. The second-order valence-corrected chi connectivity index (χ2v) is 5.67. The van der Waals surface area contributed by atoms with E-state index >= 15 is 0 Å². The number of ketones is 1. The minimum atomic E-state index is -0.0756. The number of halogens is 1. The molecule has 1 aromatic carbocycles. The largest absolute Gasteiger partial charge is 0.494 e. The SMILES string of the molecule is CCC(=O)c1cnc(Cl)c2c1Nc1c(ccc(C(C)=N)c1OC)O2. The molecule has 0 aliphatic carbocycles. The van der Waals surface area contributed by atoms with Crippen LogP contribution in [0.1, 0.15) is 36.2 Å². The highest BCUT2D eigenvalue weighted by Gasteiger charge is 2.28. The average molecular weight is 346 g/mol. The van der Waals surface area contributed by atoms with E-state index in [2.05, 4.69) is 10.3 Å². The van der Waals surface area contributed by atoms with Gasteiger partial charge in [0.25, 0.3) is 0 Å². The molecular weight excluding hydrogens is 330 g/mol. The number of hydrogen-bond acceptors (Lipinski definition) is 6. The quantitative estimate of drug-likeness (QED) is 0.411. The highest BCUT2D eigenvalue weighted by Crippen LogP contribution is 2.50. The van der Waals surface area contributed by atoms with Gasteiger partial charge in [0, 0.05) is 23.9 Å². The number of Topliss-reactive ketones (excluding diaryl/α,β-unsaturated/α-hetero) is 1. The first-order valence-electron chi connectivity index (χ1n) is 7.41. The molecular formula is C17H16ClN3O3. The number of hydrogen-bond donors (Lipinski definition) is 2. The smallest absolute Gasteiger partial charge is 0.188 e. The van der Waals surface area contributed by atoms with E-state index in [0.29, 0.717) is 51.9 Å². The predicted molar refractivity (Wildman–Crippen MR) is 92.7 cm³/mol. The molecule has 0 bridgehead atoms. The lowest BCUT2D eigenvalue weighted by atomic mass is 10.0. The summed E-state index contributed by atoms with van der Waals surface area (Å²) in [6, 6.07) is 3.47. The molecule has 0 radical (unpaired) electrons. The summed E-state index contributed by atoms with van der Waals surface area (Å²) in [6.45, 7) is 3.45. The van der Waals surface area contributed by atoms with Gasteiger partial charge in [-0.2, -0.15) is 0 Å². The Labute approximate surface area is 144 Å². The highest BCUT2D eigenvalue weighted by molar-refractivity contribution is 6.31. The number of fused-ring (bicyclic) bond motifs is 2. The minimum Gasteiger partial charge on any atom is -0.494 e. The fourth-order valence-corrected chi connectivity index (χ4v) is 2.78. The second-order valence-electron chi connectivity index (χ2n) is 5.32. The van der Waals surface area contributed by atoms with E-state index < -0.39 is 0 Å². The zero-order chi connectivity index (χ0) is 17.4. The molecule has 6 nitrogen and oxygen atoms in total. The molecule has 0 unspecified atom stereocenters. The van der Waals surface area contributed by atoms with Gasteiger partial charge in [-0.1, -0.05) is 18.5 Å². The summed E-state index contributed by atoms with van der Waals surface area (Å²) in [5.74, 6) is 1.21. The number of carbonyl (C=O) groups is 1. The van der Waals surface area contributed by atoms with E-state index in [1.165, 1.54) is 13.3 Å². The molecule has 2 N–H and O–H groups in total. The average Bonchev–Trinajstić information content (AvgIpc) is 2.59. The van der Waals surface area contributed by atoms with Gasteiger partial charge in [-0.25, -0.2) is 4.98 Å². The van der Waals surface area contributed by atoms with Gasteiger partial charge in [-0.15, -0.1) is 0 Å². The fraction of sp³-hybridized carbons (Fsp3) is 0.235. The molecule has 0 spiro atoms. The predicted octanol–water partition coefficient (Wildman–Crippen LogP) is 4.57. The van der Waals surface area contributed by atoms with E-state index in [0.717, 1.165) is 0 Å². The van der Waals surface area contributed by atoms with Gasteiger partial charge in [0.15, 0.2) is 28.2 Å². The lowest BCUT2D eigenvalue weighted by Crippen LogP contribution is -2.12. The van der Waals surface area contributed by atoms with Crippen molar-refractivity contribution in [2.45, 2.75) is 20.3 Å². The van der Waals surface area contributed by atoms with Crippen LogP contribution >= 0.6 is 11.6 Å². The van der Waals surface area contributed by atoms with Crippen LogP contribution in [0, 0.1) is 5.41 Å². The van der Waals surface area contributed by atoms with E-state index in [-0.39, 0.29) is 10.9 Å². The van der Waals surface area contributed by atoms with Gasteiger partial charge in [0.1, 0.15) is 5.69 Å². The molecule has 7 heteroatoms. The van der Waals surface area contributed by atoms with Crippen molar-refractivity contribution in [2.75, 3.05) is 12.4 Å². The molecule has 3 rings (SSSR count). The number of anilines is 2. The number of nitrogens with zero attached hydrogens (tertiary/aromatic N) is 1. The summed E-state index contributed by atoms with van der Waals surface area (Å²) in [5.41, 5.74) is 2.43. The van der Waals surface area contributed by atoms with E-state index in [9.17, 15) is 4.79 Å². The van der Waals surface area contributed by atoms with Crippen molar-refractivity contribution in [1.82, 2.24) is 4.98 Å². The fourth-order valence-electron chi connectivity index (χ4n) is 2.60. The number of aromatic nitrogens is 1. The maximum atomic E-state index is 12.2. The Hall–Kier alpha value is -2.60. The van der Waals surface area contributed by atoms with Crippen molar-refractivity contribution >= 4 is 34.5 Å². The summed E-state index contributed by atoms with van der Waals surface area (Å²) in [7, 11) is 1.52. The molecule has 24 heavy (non-hydrogen) atoms. The summed E-state index contributed by atoms with van der Waals surface area (Å²) >= 11 is 6.13. The number of benzene rings is 1. The Bertz CT molecular complexity index is 865. The number of rotatable bonds is 4. The van der Waals surface area contributed by atoms with Crippen LogP contribution in [-0.2, 0) is 0 Å². The Morgan fingerprint density at radius 1 is 1.38 bits per heavy atom. The van der Waals surface area contributed by atoms with E-state index in [1.807, 2.05) is 0 Å². The Morgan fingerprint density at radius 2 is 2.12 bits per heavy atom. The maximum absolute atomic E-state index is 12.2. The highest BCUT2D eigenvalue weighted by atomic mass is 35.5. The standard InChI is InChI=1S/C17H16ClN3O3/c1-4-11(22)10-7-20-17(18)16-13(10)21-14-12(24-16)6-5-9(8(2)19)15(14)23-3/h5-7,19,21H,4H2,1-3H3. The molecule has 0 fully saturated rings. The minimum absolute atomic E-state index is 0.0756. The lowest BCUT2D eigenvalue weighted by Gasteiger charge is -2.26.